The summed E-state index contributed by atoms with van der Waals surface area (Å²) in [4.78, 5) is 0. The lowest BCUT2D eigenvalue weighted by molar-refractivity contribution is 0.144. The highest BCUT2D eigenvalue weighted by Crippen LogP contribution is 2.23. The molecule has 3 N–H and O–H groups in total. The van der Waals surface area contributed by atoms with E-state index in [-0.39, 0.29) is 5.75 Å². The van der Waals surface area contributed by atoms with E-state index in [9.17, 15) is 5.11 Å². The minimum Gasteiger partial charge on any atom is -0.508 e. The number of nitrogens with one attached hydrogen (secondary N) is 1. The van der Waals surface area contributed by atoms with Crippen molar-refractivity contribution < 1.29 is 10.2 Å². The number of benzene rings is 1. The van der Waals surface area contributed by atoms with Gasteiger partial charge in [-0.1, -0.05) is 18.6 Å². The molecule has 0 amide bonds. The summed E-state index contributed by atoms with van der Waals surface area (Å²) in [5.41, 5.74) is 0.880. The molecule has 0 aliphatic carbocycles. The standard InChI is InChI=1S/C13H19NO2/c15-12-6-4-10(5-7-12)13(16)9-11-3-1-2-8-14-11/h4-7,11,13-16H,1-3,8-9H2. The van der Waals surface area contributed by atoms with Gasteiger partial charge in [-0.15, -0.1) is 0 Å². The summed E-state index contributed by atoms with van der Waals surface area (Å²) in [6, 6.07) is 7.23. The fourth-order valence-electron chi connectivity index (χ4n) is 2.23. The molecule has 88 valence electrons. The summed E-state index contributed by atoms with van der Waals surface area (Å²) < 4.78 is 0. The summed E-state index contributed by atoms with van der Waals surface area (Å²) in [6.45, 7) is 1.06. The lowest BCUT2D eigenvalue weighted by Crippen LogP contribution is -2.35. The van der Waals surface area contributed by atoms with Gasteiger partial charge >= 0.3 is 0 Å². The maximum Gasteiger partial charge on any atom is 0.115 e. The average Bonchev–Trinajstić information content (AvgIpc) is 2.31. The molecule has 1 heterocycles. The van der Waals surface area contributed by atoms with E-state index in [1.165, 1.54) is 12.8 Å². The Morgan fingerprint density at radius 1 is 1.25 bits per heavy atom. The second-order valence-electron chi connectivity index (χ2n) is 4.49. The van der Waals surface area contributed by atoms with E-state index >= 15 is 0 Å². The lowest BCUT2D eigenvalue weighted by atomic mass is 9.96. The van der Waals surface area contributed by atoms with Crippen molar-refractivity contribution in [3.8, 4) is 5.75 Å². The molecule has 1 aromatic carbocycles. The van der Waals surface area contributed by atoms with Crippen molar-refractivity contribution in [3.63, 3.8) is 0 Å². The number of aromatic hydroxyl groups is 1. The van der Waals surface area contributed by atoms with Gasteiger partial charge in [-0.2, -0.15) is 0 Å². The van der Waals surface area contributed by atoms with Crippen LogP contribution in [0.2, 0.25) is 0 Å². The van der Waals surface area contributed by atoms with Gasteiger partial charge in [0, 0.05) is 6.04 Å². The number of aliphatic hydroxyl groups excluding tert-OH is 1. The Hall–Kier alpha value is -1.06. The van der Waals surface area contributed by atoms with Gasteiger partial charge in [-0.25, -0.2) is 0 Å². The normalized spacial score (nSPS) is 22.9. The van der Waals surface area contributed by atoms with Crippen molar-refractivity contribution in [2.24, 2.45) is 0 Å². The molecule has 0 aromatic heterocycles. The van der Waals surface area contributed by atoms with E-state index in [1.54, 1.807) is 24.3 Å². The molecule has 1 aliphatic heterocycles. The molecule has 1 aliphatic rings. The van der Waals surface area contributed by atoms with Crippen molar-refractivity contribution in [1.82, 2.24) is 5.32 Å². The van der Waals surface area contributed by atoms with Crippen molar-refractivity contribution in [2.75, 3.05) is 6.54 Å². The summed E-state index contributed by atoms with van der Waals surface area (Å²) in [5, 5.41) is 22.6. The van der Waals surface area contributed by atoms with Crippen LogP contribution < -0.4 is 5.32 Å². The Labute approximate surface area is 96.1 Å². The van der Waals surface area contributed by atoms with E-state index < -0.39 is 6.10 Å². The molecule has 0 bridgehead atoms. The third-order valence-corrected chi connectivity index (χ3v) is 3.20. The van der Waals surface area contributed by atoms with E-state index in [0.717, 1.165) is 24.9 Å². The predicted octanol–water partition coefficient (Wildman–Crippen LogP) is 1.96. The van der Waals surface area contributed by atoms with Crippen molar-refractivity contribution in [1.29, 1.82) is 0 Å². The van der Waals surface area contributed by atoms with Gasteiger partial charge in [0.25, 0.3) is 0 Å². The highest BCUT2D eigenvalue weighted by Gasteiger charge is 2.17. The van der Waals surface area contributed by atoms with Gasteiger partial charge in [0.1, 0.15) is 5.75 Å². The largest absolute Gasteiger partial charge is 0.508 e. The highest BCUT2D eigenvalue weighted by molar-refractivity contribution is 5.27. The molecule has 16 heavy (non-hydrogen) atoms. The zero-order valence-electron chi connectivity index (χ0n) is 9.39. The Bertz CT molecular complexity index is 317. The van der Waals surface area contributed by atoms with Gasteiger partial charge in [0.15, 0.2) is 0 Å². The average molecular weight is 221 g/mol. The number of hydrogen-bond acceptors (Lipinski definition) is 3. The molecule has 1 aromatic rings. The van der Waals surface area contributed by atoms with Crippen LogP contribution in [0, 0.1) is 0 Å². The van der Waals surface area contributed by atoms with E-state index in [4.69, 9.17) is 5.11 Å². The summed E-state index contributed by atoms with van der Waals surface area (Å²) in [7, 11) is 0. The summed E-state index contributed by atoms with van der Waals surface area (Å²) >= 11 is 0. The van der Waals surface area contributed by atoms with Crippen LogP contribution in [0.4, 0.5) is 0 Å². The molecular weight excluding hydrogens is 202 g/mol. The molecule has 1 saturated heterocycles. The first-order valence-electron chi connectivity index (χ1n) is 5.96. The fraction of sp³-hybridized carbons (Fsp3) is 0.538. The SMILES string of the molecule is Oc1ccc(C(O)CC2CCCCN2)cc1. The maximum absolute atomic E-state index is 10.0. The third kappa shape index (κ3) is 2.97. The van der Waals surface area contributed by atoms with Crippen LogP contribution >= 0.6 is 0 Å². The Kier molecular flexibility index (Phi) is 3.80. The Morgan fingerprint density at radius 3 is 2.62 bits per heavy atom. The number of piperidine rings is 1. The number of phenols is 1. The smallest absolute Gasteiger partial charge is 0.115 e. The number of aliphatic hydroxyl groups is 1. The quantitative estimate of drug-likeness (QED) is 0.731. The minimum atomic E-state index is -0.434. The first-order chi connectivity index (χ1) is 7.75. The van der Waals surface area contributed by atoms with Crippen molar-refractivity contribution in [3.05, 3.63) is 29.8 Å². The molecule has 3 heteroatoms. The van der Waals surface area contributed by atoms with Gasteiger partial charge in [-0.3, -0.25) is 0 Å². The predicted molar refractivity (Wildman–Crippen MR) is 63.3 cm³/mol. The molecule has 0 saturated carbocycles. The first kappa shape index (κ1) is 11.4. The number of rotatable bonds is 3. The molecule has 3 nitrogen and oxygen atoms in total. The molecule has 2 unspecified atom stereocenters. The maximum atomic E-state index is 10.0. The van der Waals surface area contributed by atoms with Crippen LogP contribution in [-0.4, -0.2) is 22.8 Å². The van der Waals surface area contributed by atoms with Crippen LogP contribution in [-0.2, 0) is 0 Å². The van der Waals surface area contributed by atoms with E-state index in [1.807, 2.05) is 0 Å². The van der Waals surface area contributed by atoms with Crippen LogP contribution in [0.3, 0.4) is 0 Å². The van der Waals surface area contributed by atoms with E-state index in [0.29, 0.717) is 6.04 Å². The van der Waals surface area contributed by atoms with Crippen LogP contribution in [0.1, 0.15) is 37.4 Å². The first-order valence-corrected chi connectivity index (χ1v) is 5.96. The van der Waals surface area contributed by atoms with Gasteiger partial charge < -0.3 is 15.5 Å². The van der Waals surface area contributed by atoms with Crippen LogP contribution in [0.5, 0.6) is 5.75 Å². The Morgan fingerprint density at radius 2 is 2.00 bits per heavy atom. The summed E-state index contributed by atoms with van der Waals surface area (Å²) in [5.74, 6) is 0.242. The second kappa shape index (κ2) is 5.32. The topological polar surface area (TPSA) is 52.5 Å². The molecule has 0 radical (unpaired) electrons. The molecule has 2 atom stereocenters. The Balaban J connectivity index is 1.91. The van der Waals surface area contributed by atoms with Crippen LogP contribution in [0.25, 0.3) is 0 Å². The molecule has 2 rings (SSSR count). The monoisotopic (exact) mass is 221 g/mol. The van der Waals surface area contributed by atoms with Crippen molar-refractivity contribution in [2.45, 2.75) is 37.8 Å². The van der Waals surface area contributed by atoms with Gasteiger partial charge in [0.05, 0.1) is 6.10 Å². The second-order valence-corrected chi connectivity index (χ2v) is 4.49. The minimum absolute atomic E-state index is 0.242. The molecular formula is C13H19NO2. The van der Waals surface area contributed by atoms with E-state index in [2.05, 4.69) is 5.32 Å². The number of hydrogen-bond donors (Lipinski definition) is 3. The molecule has 0 spiro atoms. The zero-order chi connectivity index (χ0) is 11.4. The lowest BCUT2D eigenvalue weighted by Gasteiger charge is -2.25. The summed E-state index contributed by atoms with van der Waals surface area (Å²) in [6.07, 6.45) is 3.96. The highest BCUT2D eigenvalue weighted by atomic mass is 16.3. The van der Waals surface area contributed by atoms with Gasteiger partial charge in [-0.05, 0) is 43.5 Å². The molecule has 1 fully saturated rings. The zero-order valence-corrected chi connectivity index (χ0v) is 9.39. The fourth-order valence-corrected chi connectivity index (χ4v) is 2.23. The van der Waals surface area contributed by atoms with Gasteiger partial charge in [0.2, 0.25) is 0 Å². The number of phenolic OH excluding ortho intramolecular Hbond substituents is 1. The van der Waals surface area contributed by atoms with Crippen molar-refractivity contribution >= 4 is 0 Å². The third-order valence-electron chi connectivity index (χ3n) is 3.20. The van der Waals surface area contributed by atoms with Crippen LogP contribution in [0.15, 0.2) is 24.3 Å².